The molecule has 1 aliphatic heterocycles. The van der Waals surface area contributed by atoms with E-state index in [2.05, 4.69) is 41.7 Å². The van der Waals surface area contributed by atoms with Gasteiger partial charge in [-0.1, -0.05) is 20.8 Å². The zero-order valence-corrected chi connectivity index (χ0v) is 13.8. The van der Waals surface area contributed by atoms with E-state index in [-0.39, 0.29) is 0 Å². The number of aryl methyl sites for hydroxylation is 1. The number of halogens is 1. The summed E-state index contributed by atoms with van der Waals surface area (Å²) in [5.41, 5.74) is 0. The first-order valence-corrected chi connectivity index (χ1v) is 8.48. The number of fused-ring (bicyclic) bond motifs is 1. The van der Waals surface area contributed by atoms with Gasteiger partial charge in [0.2, 0.25) is 5.28 Å². The minimum absolute atomic E-state index is 0.366. The largest absolute Gasteiger partial charge is 0.356 e. The zero-order chi connectivity index (χ0) is 14.3. The fourth-order valence-corrected chi connectivity index (χ4v) is 4.05. The van der Waals surface area contributed by atoms with E-state index in [1.165, 1.54) is 16.7 Å². The minimum Gasteiger partial charge on any atom is -0.356 e. The Kier molecular flexibility index (Phi) is 3.87. The van der Waals surface area contributed by atoms with Crippen LogP contribution in [0.4, 0.5) is 5.82 Å². The van der Waals surface area contributed by atoms with Crippen LogP contribution in [0.2, 0.25) is 5.28 Å². The first-order valence-electron chi connectivity index (χ1n) is 7.29. The molecule has 1 atom stereocenters. The van der Waals surface area contributed by atoms with Crippen molar-refractivity contribution < 1.29 is 0 Å². The lowest BCUT2D eigenvalue weighted by Gasteiger charge is -2.19. The van der Waals surface area contributed by atoms with Crippen LogP contribution in [0.15, 0.2) is 6.07 Å². The number of anilines is 1. The SMILES string of the molecule is CCc1cc2c(N3CCC(C(C)C)C3)nc(Cl)nc2s1. The zero-order valence-electron chi connectivity index (χ0n) is 12.2. The van der Waals surface area contributed by atoms with Crippen molar-refractivity contribution in [2.75, 3.05) is 18.0 Å². The van der Waals surface area contributed by atoms with Crippen molar-refractivity contribution in [3.05, 3.63) is 16.2 Å². The molecule has 0 radical (unpaired) electrons. The highest BCUT2D eigenvalue weighted by atomic mass is 35.5. The van der Waals surface area contributed by atoms with E-state index >= 15 is 0 Å². The molecule has 3 nitrogen and oxygen atoms in total. The Morgan fingerprint density at radius 1 is 1.45 bits per heavy atom. The molecule has 0 amide bonds. The van der Waals surface area contributed by atoms with E-state index in [4.69, 9.17) is 11.6 Å². The predicted molar refractivity (Wildman–Crippen MR) is 87.0 cm³/mol. The maximum atomic E-state index is 6.11. The van der Waals surface area contributed by atoms with Crippen LogP contribution in [-0.2, 0) is 6.42 Å². The van der Waals surface area contributed by atoms with E-state index < -0.39 is 0 Å². The quantitative estimate of drug-likeness (QED) is 0.787. The maximum Gasteiger partial charge on any atom is 0.225 e. The van der Waals surface area contributed by atoms with E-state index in [0.717, 1.165) is 42.0 Å². The summed E-state index contributed by atoms with van der Waals surface area (Å²) in [6.07, 6.45) is 2.28. The van der Waals surface area contributed by atoms with Crippen LogP contribution in [0.25, 0.3) is 10.2 Å². The average Bonchev–Trinajstić information content (AvgIpc) is 3.03. The van der Waals surface area contributed by atoms with Gasteiger partial charge < -0.3 is 4.90 Å². The van der Waals surface area contributed by atoms with Crippen LogP contribution in [-0.4, -0.2) is 23.1 Å². The van der Waals surface area contributed by atoms with Gasteiger partial charge in [0.25, 0.3) is 0 Å². The van der Waals surface area contributed by atoms with Gasteiger partial charge in [-0.2, -0.15) is 4.98 Å². The van der Waals surface area contributed by atoms with Gasteiger partial charge in [0.05, 0.1) is 5.39 Å². The fourth-order valence-electron chi connectivity index (χ4n) is 2.87. The summed E-state index contributed by atoms with van der Waals surface area (Å²) in [7, 11) is 0. The molecule has 0 N–H and O–H groups in total. The molecule has 0 spiro atoms. The monoisotopic (exact) mass is 309 g/mol. The van der Waals surface area contributed by atoms with Crippen LogP contribution < -0.4 is 4.90 Å². The summed E-state index contributed by atoms with van der Waals surface area (Å²) in [6, 6.07) is 2.23. The van der Waals surface area contributed by atoms with Gasteiger partial charge in [-0.25, -0.2) is 4.98 Å². The molecule has 5 heteroatoms. The van der Waals surface area contributed by atoms with Gasteiger partial charge in [-0.3, -0.25) is 0 Å². The first kappa shape index (κ1) is 14.1. The van der Waals surface area contributed by atoms with Crippen LogP contribution in [0, 0.1) is 11.8 Å². The standard InChI is InChI=1S/C15H20ClN3S/c1-4-11-7-12-13(17-15(16)18-14(12)20-11)19-6-5-10(8-19)9(2)3/h7,9-10H,4-6,8H2,1-3H3. The third-order valence-electron chi connectivity index (χ3n) is 4.21. The predicted octanol–water partition coefficient (Wildman–Crippen LogP) is 4.39. The number of hydrogen-bond acceptors (Lipinski definition) is 4. The second kappa shape index (κ2) is 5.49. The normalized spacial score (nSPS) is 19.4. The Labute approximate surface area is 129 Å². The van der Waals surface area contributed by atoms with Crippen molar-refractivity contribution >= 4 is 39.0 Å². The lowest BCUT2D eigenvalue weighted by Crippen LogP contribution is -2.22. The van der Waals surface area contributed by atoms with Gasteiger partial charge in [-0.05, 0) is 42.3 Å². The highest BCUT2D eigenvalue weighted by Gasteiger charge is 2.27. The molecular formula is C15H20ClN3S. The lowest BCUT2D eigenvalue weighted by atomic mass is 9.95. The summed E-state index contributed by atoms with van der Waals surface area (Å²) < 4.78 is 0. The second-order valence-electron chi connectivity index (χ2n) is 5.84. The number of hydrogen-bond donors (Lipinski definition) is 0. The summed E-state index contributed by atoms with van der Waals surface area (Å²) in [4.78, 5) is 13.6. The molecule has 3 rings (SSSR count). The number of thiophene rings is 1. The number of rotatable bonds is 3. The van der Waals surface area contributed by atoms with Gasteiger partial charge in [0.1, 0.15) is 10.6 Å². The highest BCUT2D eigenvalue weighted by Crippen LogP contribution is 2.35. The molecule has 1 unspecified atom stereocenters. The molecule has 108 valence electrons. The third kappa shape index (κ3) is 2.51. The van der Waals surface area contributed by atoms with Crippen molar-refractivity contribution in [2.24, 2.45) is 11.8 Å². The number of nitrogens with zero attached hydrogens (tertiary/aromatic N) is 3. The highest BCUT2D eigenvalue weighted by molar-refractivity contribution is 7.18. The van der Waals surface area contributed by atoms with Crippen LogP contribution in [0.1, 0.15) is 32.1 Å². The first-order chi connectivity index (χ1) is 9.58. The third-order valence-corrected chi connectivity index (χ3v) is 5.55. The summed E-state index contributed by atoms with van der Waals surface area (Å²) in [5.74, 6) is 2.50. The van der Waals surface area contributed by atoms with Crippen molar-refractivity contribution in [3.63, 3.8) is 0 Å². The summed E-state index contributed by atoms with van der Waals surface area (Å²) >= 11 is 7.84. The van der Waals surface area contributed by atoms with Gasteiger partial charge in [0.15, 0.2) is 0 Å². The lowest BCUT2D eigenvalue weighted by molar-refractivity contribution is 0.422. The molecule has 0 aliphatic carbocycles. The van der Waals surface area contributed by atoms with Crippen molar-refractivity contribution in [1.82, 2.24) is 9.97 Å². The Hall–Kier alpha value is -0.870. The van der Waals surface area contributed by atoms with Crippen LogP contribution in [0.3, 0.4) is 0 Å². The fraction of sp³-hybridized carbons (Fsp3) is 0.600. The van der Waals surface area contributed by atoms with E-state index in [1.807, 2.05) is 0 Å². The Morgan fingerprint density at radius 3 is 2.90 bits per heavy atom. The molecule has 1 fully saturated rings. The van der Waals surface area contributed by atoms with Crippen molar-refractivity contribution in [1.29, 1.82) is 0 Å². The molecule has 0 saturated carbocycles. The molecule has 2 aromatic heterocycles. The molecular weight excluding hydrogens is 290 g/mol. The van der Waals surface area contributed by atoms with E-state index in [9.17, 15) is 0 Å². The molecule has 1 saturated heterocycles. The maximum absolute atomic E-state index is 6.11. The second-order valence-corrected chi connectivity index (χ2v) is 7.29. The average molecular weight is 310 g/mol. The molecule has 0 aromatic carbocycles. The van der Waals surface area contributed by atoms with Gasteiger partial charge in [-0.15, -0.1) is 11.3 Å². The van der Waals surface area contributed by atoms with Gasteiger partial charge in [0, 0.05) is 18.0 Å². The molecule has 1 aliphatic rings. The van der Waals surface area contributed by atoms with Crippen LogP contribution in [0.5, 0.6) is 0 Å². The van der Waals surface area contributed by atoms with E-state index in [0.29, 0.717) is 5.28 Å². The summed E-state index contributed by atoms with van der Waals surface area (Å²) in [5, 5.41) is 1.53. The molecule has 2 aromatic rings. The topological polar surface area (TPSA) is 29.0 Å². The molecule has 20 heavy (non-hydrogen) atoms. The molecule has 0 bridgehead atoms. The van der Waals surface area contributed by atoms with E-state index in [1.54, 1.807) is 11.3 Å². The summed E-state index contributed by atoms with van der Waals surface area (Å²) in [6.45, 7) is 8.93. The van der Waals surface area contributed by atoms with Crippen molar-refractivity contribution in [3.8, 4) is 0 Å². The number of aromatic nitrogens is 2. The minimum atomic E-state index is 0.366. The van der Waals surface area contributed by atoms with Crippen LogP contribution >= 0.6 is 22.9 Å². The Bertz CT molecular complexity index is 623. The van der Waals surface area contributed by atoms with Gasteiger partial charge >= 0.3 is 0 Å². The smallest absolute Gasteiger partial charge is 0.225 e. The molecule has 3 heterocycles. The van der Waals surface area contributed by atoms with Crippen molar-refractivity contribution in [2.45, 2.75) is 33.6 Å². The Balaban J connectivity index is 2.00. The Morgan fingerprint density at radius 2 is 2.25 bits per heavy atom.